The Morgan fingerprint density at radius 3 is 2.92 bits per heavy atom. The van der Waals surface area contributed by atoms with Crippen LogP contribution in [0.15, 0.2) is 35.8 Å². The molecule has 0 radical (unpaired) electrons. The lowest BCUT2D eigenvalue weighted by Gasteiger charge is -2.21. The first-order chi connectivity index (χ1) is 12.6. The Balaban J connectivity index is 1.66. The van der Waals surface area contributed by atoms with Gasteiger partial charge in [0.25, 0.3) is 0 Å². The van der Waals surface area contributed by atoms with E-state index in [-0.39, 0.29) is 0 Å². The fourth-order valence-electron chi connectivity index (χ4n) is 2.82. The van der Waals surface area contributed by atoms with Crippen molar-refractivity contribution >= 4 is 11.6 Å². The van der Waals surface area contributed by atoms with E-state index in [2.05, 4.69) is 50.8 Å². The smallest absolute Gasteiger partial charge is 0.194 e. The summed E-state index contributed by atoms with van der Waals surface area (Å²) in [5.74, 6) is 1.75. The summed E-state index contributed by atoms with van der Waals surface area (Å²) in [5.41, 5.74) is 3.24. The lowest BCUT2D eigenvalue weighted by Crippen LogP contribution is -2.39. The monoisotopic (exact) mass is 354 g/mol. The van der Waals surface area contributed by atoms with Crippen molar-refractivity contribution in [3.05, 3.63) is 47.9 Å². The molecule has 8 nitrogen and oxygen atoms in total. The summed E-state index contributed by atoms with van der Waals surface area (Å²) in [7, 11) is 3.90. The number of imidazole rings is 1. The van der Waals surface area contributed by atoms with Crippen molar-refractivity contribution in [1.82, 2.24) is 34.4 Å². The first-order valence-corrected chi connectivity index (χ1v) is 8.84. The van der Waals surface area contributed by atoms with Crippen molar-refractivity contribution < 1.29 is 0 Å². The summed E-state index contributed by atoms with van der Waals surface area (Å²) >= 11 is 0. The van der Waals surface area contributed by atoms with Gasteiger partial charge in [-0.15, -0.1) is 0 Å². The van der Waals surface area contributed by atoms with Gasteiger partial charge in [-0.1, -0.05) is 6.07 Å². The van der Waals surface area contributed by atoms with E-state index in [1.807, 2.05) is 26.4 Å². The normalized spacial score (nSPS) is 11.9. The molecule has 26 heavy (non-hydrogen) atoms. The molecule has 3 aromatic heterocycles. The molecule has 0 aliphatic rings. The fraction of sp³-hybridized carbons (Fsp3) is 0.444. The van der Waals surface area contributed by atoms with Crippen LogP contribution in [0.4, 0.5) is 0 Å². The second-order valence-electron chi connectivity index (χ2n) is 6.30. The second kappa shape index (κ2) is 7.99. The molecule has 0 bridgehead atoms. The molecule has 0 unspecified atom stereocenters. The van der Waals surface area contributed by atoms with Crippen molar-refractivity contribution in [2.45, 2.75) is 26.8 Å². The van der Waals surface area contributed by atoms with E-state index < -0.39 is 0 Å². The van der Waals surface area contributed by atoms with E-state index in [4.69, 9.17) is 9.98 Å². The van der Waals surface area contributed by atoms with Crippen LogP contribution in [-0.4, -0.2) is 55.1 Å². The summed E-state index contributed by atoms with van der Waals surface area (Å²) < 4.78 is 3.85. The van der Waals surface area contributed by atoms with E-state index in [9.17, 15) is 0 Å². The van der Waals surface area contributed by atoms with E-state index in [0.29, 0.717) is 13.1 Å². The Morgan fingerprint density at radius 2 is 2.23 bits per heavy atom. The predicted molar refractivity (Wildman–Crippen MR) is 102 cm³/mol. The van der Waals surface area contributed by atoms with E-state index in [0.717, 1.165) is 36.1 Å². The maximum absolute atomic E-state index is 4.74. The maximum atomic E-state index is 4.74. The molecule has 138 valence electrons. The summed E-state index contributed by atoms with van der Waals surface area (Å²) in [6.45, 7) is 6.28. The van der Waals surface area contributed by atoms with Gasteiger partial charge in [-0.05, 0) is 25.5 Å². The molecule has 0 fully saturated rings. The number of nitrogens with one attached hydrogen (secondary N) is 1. The van der Waals surface area contributed by atoms with E-state index in [1.165, 1.54) is 5.56 Å². The number of rotatable bonds is 6. The van der Waals surface area contributed by atoms with Crippen LogP contribution in [0.25, 0.3) is 5.65 Å². The summed E-state index contributed by atoms with van der Waals surface area (Å²) in [4.78, 5) is 15.8. The van der Waals surface area contributed by atoms with Gasteiger partial charge in [-0.25, -0.2) is 9.97 Å². The van der Waals surface area contributed by atoms with Gasteiger partial charge in [-0.3, -0.25) is 9.67 Å². The van der Waals surface area contributed by atoms with Crippen LogP contribution >= 0.6 is 0 Å². The molecule has 8 heteroatoms. The number of aromatic nitrogens is 5. The van der Waals surface area contributed by atoms with Gasteiger partial charge >= 0.3 is 0 Å². The summed E-state index contributed by atoms with van der Waals surface area (Å²) in [5, 5.41) is 7.44. The van der Waals surface area contributed by atoms with Crippen molar-refractivity contribution in [2.24, 2.45) is 12.0 Å². The van der Waals surface area contributed by atoms with Crippen LogP contribution in [0, 0.1) is 6.92 Å². The van der Waals surface area contributed by atoms with Crippen molar-refractivity contribution in [2.75, 3.05) is 20.1 Å². The first kappa shape index (κ1) is 17.9. The van der Waals surface area contributed by atoms with Crippen LogP contribution in [-0.2, 0) is 20.0 Å². The third kappa shape index (κ3) is 4.01. The summed E-state index contributed by atoms with van der Waals surface area (Å²) in [6, 6.07) is 4.12. The van der Waals surface area contributed by atoms with Gasteiger partial charge in [0.1, 0.15) is 17.8 Å². The Labute approximate surface area is 153 Å². The van der Waals surface area contributed by atoms with Crippen LogP contribution in [0.2, 0.25) is 0 Å². The quantitative estimate of drug-likeness (QED) is 0.535. The average Bonchev–Trinajstić information content (AvgIpc) is 3.21. The highest BCUT2D eigenvalue weighted by Crippen LogP contribution is 2.10. The van der Waals surface area contributed by atoms with Crippen molar-refractivity contribution in [3.8, 4) is 0 Å². The minimum Gasteiger partial charge on any atom is -0.357 e. The number of aryl methyl sites for hydroxylation is 2. The van der Waals surface area contributed by atoms with Crippen LogP contribution < -0.4 is 5.32 Å². The fourth-order valence-corrected chi connectivity index (χ4v) is 2.82. The highest BCUT2D eigenvalue weighted by atomic mass is 15.4. The van der Waals surface area contributed by atoms with Crippen molar-refractivity contribution in [1.29, 1.82) is 0 Å². The molecular formula is C18H26N8. The zero-order chi connectivity index (χ0) is 18.5. The number of pyridine rings is 1. The highest BCUT2D eigenvalue weighted by Gasteiger charge is 2.10. The van der Waals surface area contributed by atoms with Crippen LogP contribution in [0.3, 0.4) is 0 Å². The van der Waals surface area contributed by atoms with E-state index in [1.54, 1.807) is 11.0 Å². The van der Waals surface area contributed by atoms with Gasteiger partial charge in [0.05, 0.1) is 12.2 Å². The molecule has 0 atom stereocenters. The van der Waals surface area contributed by atoms with Crippen LogP contribution in [0.5, 0.6) is 0 Å². The molecule has 0 aliphatic carbocycles. The van der Waals surface area contributed by atoms with Crippen LogP contribution in [0.1, 0.15) is 24.0 Å². The lowest BCUT2D eigenvalue weighted by atomic mass is 10.3. The van der Waals surface area contributed by atoms with Gasteiger partial charge < -0.3 is 14.6 Å². The minimum absolute atomic E-state index is 0.649. The lowest BCUT2D eigenvalue weighted by molar-refractivity contribution is 0.448. The molecule has 0 aromatic carbocycles. The third-order valence-electron chi connectivity index (χ3n) is 4.24. The van der Waals surface area contributed by atoms with Gasteiger partial charge in [0, 0.05) is 46.0 Å². The number of nitrogens with zero attached hydrogens (tertiary/aromatic N) is 7. The van der Waals surface area contributed by atoms with E-state index >= 15 is 0 Å². The molecule has 0 spiro atoms. The maximum Gasteiger partial charge on any atom is 0.194 e. The molecule has 1 N–H and O–H groups in total. The third-order valence-corrected chi connectivity index (χ3v) is 4.24. The number of hydrogen-bond donors (Lipinski definition) is 1. The standard InChI is InChI=1S/C18H26N8/c1-5-19-18(24(3)12-16-21-13-22-25(16)4)20-9-8-15-11-26-10-6-7-14(2)17(26)23-15/h6-7,10-11,13H,5,8-9,12H2,1-4H3,(H,19,20). The molecule has 0 amide bonds. The molecule has 0 saturated carbocycles. The SMILES string of the molecule is CCNC(=NCCc1cn2cccc(C)c2n1)N(C)Cc1ncnn1C. The molecule has 3 rings (SSSR count). The Bertz CT molecular complexity index is 892. The largest absolute Gasteiger partial charge is 0.357 e. The Hall–Kier alpha value is -2.90. The molecule has 3 heterocycles. The number of fused-ring (bicyclic) bond motifs is 1. The molecule has 0 aliphatic heterocycles. The second-order valence-corrected chi connectivity index (χ2v) is 6.30. The zero-order valence-corrected chi connectivity index (χ0v) is 15.8. The average molecular weight is 354 g/mol. The highest BCUT2D eigenvalue weighted by molar-refractivity contribution is 5.79. The van der Waals surface area contributed by atoms with Gasteiger partial charge in [0.15, 0.2) is 5.96 Å². The number of hydrogen-bond acceptors (Lipinski definition) is 4. The first-order valence-electron chi connectivity index (χ1n) is 8.84. The van der Waals surface area contributed by atoms with Crippen molar-refractivity contribution in [3.63, 3.8) is 0 Å². The minimum atomic E-state index is 0.649. The Morgan fingerprint density at radius 1 is 1.38 bits per heavy atom. The summed E-state index contributed by atoms with van der Waals surface area (Å²) in [6.07, 6.45) is 6.47. The molecular weight excluding hydrogens is 328 g/mol. The zero-order valence-electron chi connectivity index (χ0n) is 15.8. The molecule has 0 saturated heterocycles. The predicted octanol–water partition coefficient (Wildman–Crippen LogP) is 1.41. The number of guanidine groups is 1. The number of aliphatic imine (C=N–C) groups is 1. The van der Waals surface area contributed by atoms with Gasteiger partial charge in [-0.2, -0.15) is 5.10 Å². The molecule has 3 aromatic rings. The van der Waals surface area contributed by atoms with Gasteiger partial charge in [0.2, 0.25) is 0 Å². The Kier molecular flexibility index (Phi) is 5.50. The topological polar surface area (TPSA) is 75.6 Å².